The van der Waals surface area contributed by atoms with E-state index in [4.69, 9.17) is 4.42 Å². The molecule has 122 valence electrons. The minimum Gasteiger partial charge on any atom is -0.436 e. The Morgan fingerprint density at radius 1 is 1.13 bits per heavy atom. The molecule has 23 heavy (non-hydrogen) atoms. The average Bonchev–Trinajstić information content (AvgIpc) is 2.97. The third-order valence-electron chi connectivity index (χ3n) is 4.19. The Morgan fingerprint density at radius 2 is 1.78 bits per heavy atom. The molecule has 1 aliphatic rings. The van der Waals surface area contributed by atoms with Crippen LogP contribution in [0, 0.1) is 6.92 Å². The fourth-order valence-corrected chi connectivity index (χ4v) is 2.94. The third-order valence-corrected chi connectivity index (χ3v) is 4.19. The van der Waals surface area contributed by atoms with E-state index < -0.39 is 0 Å². The maximum Gasteiger partial charge on any atom is 0.291 e. The molecule has 1 amide bonds. The lowest BCUT2D eigenvalue weighted by molar-refractivity contribution is 0.0711. The molecule has 1 aliphatic heterocycles. The van der Waals surface area contributed by atoms with Crippen molar-refractivity contribution in [2.45, 2.75) is 26.7 Å². The van der Waals surface area contributed by atoms with Gasteiger partial charge in [-0.25, -0.2) is 4.98 Å². The summed E-state index contributed by atoms with van der Waals surface area (Å²) in [4.78, 5) is 21.3. The Bertz CT molecular complexity index is 671. The van der Waals surface area contributed by atoms with Gasteiger partial charge in [-0.3, -0.25) is 4.79 Å². The van der Waals surface area contributed by atoms with Gasteiger partial charge in [0.05, 0.1) is 5.69 Å². The number of aryl methyl sites for hydroxylation is 1. The topological polar surface area (TPSA) is 49.6 Å². The Balaban J connectivity index is 1.69. The van der Waals surface area contributed by atoms with Crippen LogP contribution in [0.1, 0.15) is 41.9 Å². The molecule has 0 unspecified atom stereocenters. The van der Waals surface area contributed by atoms with E-state index in [1.165, 1.54) is 5.69 Å². The second-order valence-corrected chi connectivity index (χ2v) is 6.22. The lowest BCUT2D eigenvalue weighted by atomic mass is 10.1. The van der Waals surface area contributed by atoms with Crippen molar-refractivity contribution in [3.05, 3.63) is 47.7 Å². The highest BCUT2D eigenvalue weighted by Gasteiger charge is 2.28. The number of nitrogens with zero attached hydrogens (tertiary/aromatic N) is 3. The number of amides is 1. The first-order valence-corrected chi connectivity index (χ1v) is 8.13. The van der Waals surface area contributed by atoms with Gasteiger partial charge in [0, 0.05) is 38.8 Å². The maximum absolute atomic E-state index is 12.8. The number of anilines is 1. The molecule has 3 rings (SSSR count). The van der Waals surface area contributed by atoms with Crippen molar-refractivity contribution in [1.29, 1.82) is 0 Å². The molecule has 0 bridgehead atoms. The quantitative estimate of drug-likeness (QED) is 0.874. The van der Waals surface area contributed by atoms with Gasteiger partial charge in [0.25, 0.3) is 5.91 Å². The number of para-hydroxylation sites is 1. The van der Waals surface area contributed by atoms with Crippen LogP contribution in [0.3, 0.4) is 0 Å². The van der Waals surface area contributed by atoms with Gasteiger partial charge in [-0.2, -0.15) is 0 Å². The van der Waals surface area contributed by atoms with Crippen molar-refractivity contribution in [2.75, 3.05) is 31.1 Å². The SMILES string of the molecule is Cc1nc(C(C)C)c(C(=O)N2CCN(c3ccccc3)CC2)o1. The predicted octanol–water partition coefficient (Wildman–Crippen LogP) is 3.07. The summed E-state index contributed by atoms with van der Waals surface area (Å²) >= 11 is 0. The third kappa shape index (κ3) is 3.23. The molecule has 2 aromatic rings. The lowest BCUT2D eigenvalue weighted by Gasteiger charge is -2.35. The Labute approximate surface area is 136 Å². The minimum atomic E-state index is -0.0398. The summed E-state index contributed by atoms with van der Waals surface area (Å²) in [6, 6.07) is 10.3. The van der Waals surface area contributed by atoms with E-state index in [0.717, 1.165) is 18.8 Å². The van der Waals surface area contributed by atoms with Crippen LogP contribution in [0.2, 0.25) is 0 Å². The van der Waals surface area contributed by atoms with Crippen LogP contribution in [0.5, 0.6) is 0 Å². The van der Waals surface area contributed by atoms with Gasteiger partial charge >= 0.3 is 0 Å². The Kier molecular flexibility index (Phi) is 4.37. The number of piperazine rings is 1. The van der Waals surface area contributed by atoms with E-state index in [1.54, 1.807) is 6.92 Å². The van der Waals surface area contributed by atoms with Gasteiger partial charge in [0.2, 0.25) is 5.76 Å². The Morgan fingerprint density at radius 3 is 2.39 bits per heavy atom. The van der Waals surface area contributed by atoms with Crippen LogP contribution >= 0.6 is 0 Å². The summed E-state index contributed by atoms with van der Waals surface area (Å²) < 4.78 is 5.59. The first-order chi connectivity index (χ1) is 11.1. The van der Waals surface area contributed by atoms with E-state index in [9.17, 15) is 4.79 Å². The van der Waals surface area contributed by atoms with Crippen molar-refractivity contribution in [2.24, 2.45) is 0 Å². The summed E-state index contributed by atoms with van der Waals surface area (Å²) in [7, 11) is 0. The molecule has 0 radical (unpaired) electrons. The molecule has 2 heterocycles. The van der Waals surface area contributed by atoms with Crippen molar-refractivity contribution >= 4 is 11.6 Å². The van der Waals surface area contributed by atoms with Gasteiger partial charge < -0.3 is 14.2 Å². The zero-order chi connectivity index (χ0) is 16.4. The molecule has 0 saturated carbocycles. The van der Waals surface area contributed by atoms with Crippen LogP contribution in [-0.4, -0.2) is 42.0 Å². The molecule has 0 atom stereocenters. The monoisotopic (exact) mass is 313 g/mol. The molecular weight excluding hydrogens is 290 g/mol. The van der Waals surface area contributed by atoms with Crippen LogP contribution in [-0.2, 0) is 0 Å². The second-order valence-electron chi connectivity index (χ2n) is 6.22. The van der Waals surface area contributed by atoms with Gasteiger partial charge in [0.1, 0.15) is 0 Å². The lowest BCUT2D eigenvalue weighted by Crippen LogP contribution is -2.48. The molecule has 0 N–H and O–H groups in total. The first kappa shape index (κ1) is 15.6. The zero-order valence-electron chi connectivity index (χ0n) is 14.0. The highest BCUT2D eigenvalue weighted by Crippen LogP contribution is 2.23. The highest BCUT2D eigenvalue weighted by molar-refractivity contribution is 5.92. The van der Waals surface area contributed by atoms with E-state index in [2.05, 4.69) is 22.0 Å². The van der Waals surface area contributed by atoms with E-state index in [1.807, 2.05) is 36.9 Å². The zero-order valence-corrected chi connectivity index (χ0v) is 14.0. The number of hydrogen-bond acceptors (Lipinski definition) is 4. The molecule has 5 nitrogen and oxygen atoms in total. The summed E-state index contributed by atoms with van der Waals surface area (Å²) in [6.07, 6.45) is 0. The number of carbonyl (C=O) groups is 1. The molecule has 1 saturated heterocycles. The Hall–Kier alpha value is -2.30. The number of rotatable bonds is 3. The van der Waals surface area contributed by atoms with Gasteiger partial charge in [-0.1, -0.05) is 32.0 Å². The molecule has 1 aromatic carbocycles. The fourth-order valence-electron chi connectivity index (χ4n) is 2.94. The molecule has 0 aliphatic carbocycles. The summed E-state index contributed by atoms with van der Waals surface area (Å²) in [6.45, 7) is 8.91. The predicted molar refractivity (Wildman–Crippen MR) is 89.9 cm³/mol. The first-order valence-electron chi connectivity index (χ1n) is 8.13. The average molecular weight is 313 g/mol. The highest BCUT2D eigenvalue weighted by atomic mass is 16.4. The number of carbonyl (C=O) groups excluding carboxylic acids is 1. The van der Waals surface area contributed by atoms with Gasteiger partial charge in [0.15, 0.2) is 5.89 Å². The number of benzene rings is 1. The smallest absolute Gasteiger partial charge is 0.291 e. The van der Waals surface area contributed by atoms with Crippen molar-refractivity contribution in [1.82, 2.24) is 9.88 Å². The second kappa shape index (κ2) is 6.44. The van der Waals surface area contributed by atoms with Crippen LogP contribution in [0.15, 0.2) is 34.7 Å². The van der Waals surface area contributed by atoms with Crippen molar-refractivity contribution in [3.63, 3.8) is 0 Å². The van der Waals surface area contributed by atoms with E-state index >= 15 is 0 Å². The van der Waals surface area contributed by atoms with Crippen LogP contribution < -0.4 is 4.90 Å². The van der Waals surface area contributed by atoms with E-state index in [-0.39, 0.29) is 11.8 Å². The summed E-state index contributed by atoms with van der Waals surface area (Å²) in [5.41, 5.74) is 1.97. The normalized spacial score (nSPS) is 15.3. The van der Waals surface area contributed by atoms with Crippen molar-refractivity contribution in [3.8, 4) is 0 Å². The van der Waals surface area contributed by atoms with Gasteiger partial charge in [-0.05, 0) is 18.1 Å². The molecular formula is C18H23N3O2. The number of aromatic nitrogens is 1. The molecule has 0 spiro atoms. The van der Waals surface area contributed by atoms with Gasteiger partial charge in [-0.15, -0.1) is 0 Å². The van der Waals surface area contributed by atoms with Crippen LogP contribution in [0.4, 0.5) is 5.69 Å². The molecule has 1 aromatic heterocycles. The molecule has 5 heteroatoms. The minimum absolute atomic E-state index is 0.0398. The number of oxazole rings is 1. The summed E-state index contributed by atoms with van der Waals surface area (Å²) in [5, 5.41) is 0. The van der Waals surface area contributed by atoms with Crippen molar-refractivity contribution < 1.29 is 9.21 Å². The van der Waals surface area contributed by atoms with E-state index in [0.29, 0.717) is 24.7 Å². The largest absolute Gasteiger partial charge is 0.436 e. The summed E-state index contributed by atoms with van der Waals surface area (Å²) in [5.74, 6) is 1.10. The fraction of sp³-hybridized carbons (Fsp3) is 0.444. The number of hydrogen-bond donors (Lipinski definition) is 0. The molecule has 1 fully saturated rings. The standard InChI is InChI=1S/C18H23N3O2/c1-13(2)16-17(23-14(3)19-16)18(22)21-11-9-20(10-12-21)15-7-5-4-6-8-15/h4-8,13H,9-12H2,1-3H3. The maximum atomic E-state index is 12.8. The van der Waals surface area contributed by atoms with Crippen LogP contribution in [0.25, 0.3) is 0 Å².